The van der Waals surface area contributed by atoms with Gasteiger partial charge in [0, 0.05) is 43.7 Å². The summed E-state index contributed by atoms with van der Waals surface area (Å²) in [6.45, 7) is 5.02. The summed E-state index contributed by atoms with van der Waals surface area (Å²) in [5, 5.41) is 5.45. The van der Waals surface area contributed by atoms with Crippen LogP contribution in [0, 0.1) is 11.6 Å². The van der Waals surface area contributed by atoms with E-state index in [-0.39, 0.29) is 49.0 Å². The lowest BCUT2D eigenvalue weighted by Crippen LogP contribution is -2.55. The molecule has 0 spiro atoms. The van der Waals surface area contributed by atoms with Gasteiger partial charge in [-0.25, -0.2) is 8.78 Å². The normalized spacial score (nSPS) is 29.0. The summed E-state index contributed by atoms with van der Waals surface area (Å²) < 4.78 is 30.6. The molecular formula is C21H24F2N4O4. The van der Waals surface area contributed by atoms with Crippen LogP contribution in [0.4, 0.5) is 14.5 Å². The first-order chi connectivity index (χ1) is 14.7. The van der Waals surface area contributed by atoms with Gasteiger partial charge in [-0.3, -0.25) is 29.4 Å². The summed E-state index contributed by atoms with van der Waals surface area (Å²) in [5.41, 5.74) is 0.246. The molecule has 3 heterocycles. The second kappa shape index (κ2) is 8.08. The number of anilines is 1. The Hall–Kier alpha value is -2.72. The SMILES string of the molecule is CC1CNCC(C)N1c1cc2c(c(F)c1F)C(C(=O)C=O)N(C1CCC(=O)NC1=O)C2. The average molecular weight is 434 g/mol. The molecular weight excluding hydrogens is 410 g/mol. The number of hydrogen-bond donors (Lipinski definition) is 2. The fourth-order valence-corrected chi connectivity index (χ4v) is 5.01. The summed E-state index contributed by atoms with van der Waals surface area (Å²) in [6.07, 6.45) is 0.248. The van der Waals surface area contributed by atoms with Gasteiger partial charge in [-0.15, -0.1) is 0 Å². The summed E-state index contributed by atoms with van der Waals surface area (Å²) in [6, 6.07) is -0.963. The van der Waals surface area contributed by atoms with Crippen molar-refractivity contribution in [1.82, 2.24) is 15.5 Å². The van der Waals surface area contributed by atoms with Crippen LogP contribution in [0.2, 0.25) is 0 Å². The number of halogens is 2. The first kappa shape index (κ1) is 21.5. The lowest BCUT2D eigenvalue weighted by Gasteiger charge is -2.41. The van der Waals surface area contributed by atoms with Crippen LogP contribution >= 0.6 is 0 Å². The predicted molar refractivity (Wildman–Crippen MR) is 106 cm³/mol. The van der Waals surface area contributed by atoms with Gasteiger partial charge in [0.05, 0.1) is 11.7 Å². The van der Waals surface area contributed by atoms with E-state index in [4.69, 9.17) is 0 Å². The van der Waals surface area contributed by atoms with Gasteiger partial charge in [0.25, 0.3) is 0 Å². The van der Waals surface area contributed by atoms with Crippen LogP contribution in [-0.2, 0) is 25.7 Å². The highest BCUT2D eigenvalue weighted by atomic mass is 19.2. The van der Waals surface area contributed by atoms with E-state index >= 15 is 8.78 Å². The topological polar surface area (TPSA) is 98.8 Å². The number of Topliss-reactive ketones (excluding diaryl/α,β-unsaturated/α-hetero) is 1. The number of nitrogens with one attached hydrogen (secondary N) is 2. The van der Waals surface area contributed by atoms with Crippen molar-refractivity contribution in [2.75, 3.05) is 18.0 Å². The Labute approximate surface area is 177 Å². The number of carbonyl (C=O) groups excluding carboxylic acids is 4. The summed E-state index contributed by atoms with van der Waals surface area (Å²) in [4.78, 5) is 50.8. The molecule has 2 N–H and O–H groups in total. The van der Waals surface area contributed by atoms with Crippen molar-refractivity contribution in [3.05, 3.63) is 28.8 Å². The fourth-order valence-electron chi connectivity index (χ4n) is 5.01. The summed E-state index contributed by atoms with van der Waals surface area (Å²) >= 11 is 0. The summed E-state index contributed by atoms with van der Waals surface area (Å²) in [7, 11) is 0. The van der Waals surface area contributed by atoms with Gasteiger partial charge in [-0.05, 0) is 31.9 Å². The maximum absolute atomic E-state index is 15.4. The molecule has 1 aromatic carbocycles. The maximum Gasteiger partial charge on any atom is 0.243 e. The van der Waals surface area contributed by atoms with E-state index in [1.807, 2.05) is 13.8 Å². The van der Waals surface area contributed by atoms with Crippen molar-refractivity contribution in [1.29, 1.82) is 0 Å². The molecule has 3 aliphatic rings. The number of piperazine rings is 1. The van der Waals surface area contributed by atoms with Gasteiger partial charge >= 0.3 is 0 Å². The standard InChI is InChI=1S/C21H24F2N4O4/c1-10-6-24-7-11(2)27(10)14-5-12-8-26(13-3-4-16(30)25-21(13)31)20(15(29)9-28)17(12)19(23)18(14)22/h5,9-11,13,20,24H,3-4,6-8H2,1-2H3,(H,25,30,31). The molecule has 2 fully saturated rings. The number of carbonyl (C=O) groups is 4. The molecule has 8 nitrogen and oxygen atoms in total. The molecule has 0 radical (unpaired) electrons. The Bertz CT molecular complexity index is 959. The van der Waals surface area contributed by atoms with Crippen LogP contribution in [-0.4, -0.2) is 60.0 Å². The molecule has 3 aliphatic heterocycles. The molecule has 2 amide bonds. The zero-order valence-electron chi connectivity index (χ0n) is 17.3. The molecule has 0 saturated carbocycles. The van der Waals surface area contributed by atoms with Crippen molar-refractivity contribution < 1.29 is 28.0 Å². The second-order valence-electron chi connectivity index (χ2n) is 8.42. The maximum atomic E-state index is 15.4. The molecule has 166 valence electrons. The van der Waals surface area contributed by atoms with E-state index in [1.165, 1.54) is 11.0 Å². The molecule has 0 aliphatic carbocycles. The largest absolute Gasteiger partial charge is 0.361 e. The zero-order chi connectivity index (χ0) is 22.4. The molecule has 0 bridgehead atoms. The number of amides is 2. The Morgan fingerprint density at radius 3 is 2.45 bits per heavy atom. The van der Waals surface area contributed by atoms with Crippen LogP contribution in [0.1, 0.15) is 43.9 Å². The van der Waals surface area contributed by atoms with E-state index in [1.54, 1.807) is 4.90 Å². The smallest absolute Gasteiger partial charge is 0.243 e. The third-order valence-electron chi connectivity index (χ3n) is 6.37. The van der Waals surface area contributed by atoms with Crippen molar-refractivity contribution in [3.63, 3.8) is 0 Å². The highest BCUT2D eigenvalue weighted by molar-refractivity contribution is 6.27. The molecule has 0 aromatic heterocycles. The number of nitrogens with zero attached hydrogens (tertiary/aromatic N) is 2. The van der Waals surface area contributed by atoms with E-state index in [0.29, 0.717) is 18.7 Å². The van der Waals surface area contributed by atoms with Gasteiger partial charge in [0.1, 0.15) is 6.04 Å². The van der Waals surface area contributed by atoms with Crippen LogP contribution in [0.5, 0.6) is 0 Å². The van der Waals surface area contributed by atoms with E-state index in [2.05, 4.69) is 10.6 Å². The Morgan fingerprint density at radius 2 is 1.84 bits per heavy atom. The van der Waals surface area contributed by atoms with Crippen molar-refractivity contribution >= 4 is 29.6 Å². The van der Waals surface area contributed by atoms with Crippen molar-refractivity contribution in [2.45, 2.75) is 57.4 Å². The molecule has 1 aromatic rings. The quantitative estimate of drug-likeness (QED) is 0.406. The number of ketones is 1. The summed E-state index contributed by atoms with van der Waals surface area (Å²) in [5.74, 6) is -4.26. The molecule has 31 heavy (non-hydrogen) atoms. The highest BCUT2D eigenvalue weighted by Gasteiger charge is 2.46. The molecule has 4 atom stereocenters. The number of aldehydes is 1. The molecule has 4 unspecified atom stereocenters. The minimum atomic E-state index is -1.40. The lowest BCUT2D eigenvalue weighted by molar-refractivity contribution is -0.141. The average Bonchev–Trinajstić information content (AvgIpc) is 3.10. The third kappa shape index (κ3) is 3.53. The number of benzene rings is 1. The highest BCUT2D eigenvalue weighted by Crippen LogP contribution is 2.42. The third-order valence-corrected chi connectivity index (χ3v) is 6.37. The zero-order valence-corrected chi connectivity index (χ0v) is 17.3. The predicted octanol–water partition coefficient (Wildman–Crippen LogP) is 0.581. The molecule has 4 rings (SSSR count). The monoisotopic (exact) mass is 434 g/mol. The number of imide groups is 1. The van der Waals surface area contributed by atoms with Gasteiger partial charge in [-0.2, -0.15) is 0 Å². The van der Waals surface area contributed by atoms with E-state index < -0.39 is 41.3 Å². The van der Waals surface area contributed by atoms with Crippen LogP contribution in [0.3, 0.4) is 0 Å². The van der Waals surface area contributed by atoms with Crippen molar-refractivity contribution in [2.24, 2.45) is 0 Å². The molecule has 2 saturated heterocycles. The van der Waals surface area contributed by atoms with Gasteiger partial charge in [0.2, 0.25) is 17.6 Å². The first-order valence-corrected chi connectivity index (χ1v) is 10.3. The number of fused-ring (bicyclic) bond motifs is 1. The van der Waals surface area contributed by atoms with Crippen molar-refractivity contribution in [3.8, 4) is 0 Å². The van der Waals surface area contributed by atoms with Crippen LogP contribution in [0.25, 0.3) is 0 Å². The minimum Gasteiger partial charge on any atom is -0.361 e. The fraction of sp³-hybridized carbons (Fsp3) is 0.524. The first-order valence-electron chi connectivity index (χ1n) is 10.3. The molecule has 10 heteroatoms. The van der Waals surface area contributed by atoms with Crippen LogP contribution in [0.15, 0.2) is 6.07 Å². The van der Waals surface area contributed by atoms with E-state index in [9.17, 15) is 19.2 Å². The van der Waals surface area contributed by atoms with Gasteiger partial charge in [0.15, 0.2) is 17.9 Å². The van der Waals surface area contributed by atoms with E-state index in [0.717, 1.165) is 0 Å². The Kier molecular flexibility index (Phi) is 5.61. The number of rotatable bonds is 4. The minimum absolute atomic E-state index is 0.00902. The van der Waals surface area contributed by atoms with Crippen LogP contribution < -0.4 is 15.5 Å². The van der Waals surface area contributed by atoms with Gasteiger partial charge in [-0.1, -0.05) is 0 Å². The van der Waals surface area contributed by atoms with Gasteiger partial charge < -0.3 is 10.2 Å². The second-order valence-corrected chi connectivity index (χ2v) is 8.42. The lowest BCUT2D eigenvalue weighted by atomic mass is 9.97. The number of hydrogen-bond acceptors (Lipinski definition) is 7. The Balaban J connectivity index is 1.79. The Morgan fingerprint density at radius 1 is 1.16 bits per heavy atom. The number of piperidine rings is 1.